The Balaban J connectivity index is 0.00000225. The molecular weight excluding hydrogens is 219 g/mol. The Morgan fingerprint density at radius 2 is 1.44 bits per heavy atom. The molecule has 0 aliphatic carbocycles. The Bertz CT molecular complexity index is 334. The molecule has 0 aromatic heterocycles. The molecule has 1 aromatic carbocycles. The molecule has 0 N–H and O–H groups in total. The number of ether oxygens (including phenoxy) is 2. The van der Waals surface area contributed by atoms with Crippen LogP contribution in [0.2, 0.25) is 0 Å². The number of carbonyl (C=O) groups is 2. The second-order valence-electron chi connectivity index (χ2n) is 2.72. The van der Waals surface area contributed by atoms with Crippen LogP contribution in [-0.4, -0.2) is 26.2 Å². The molecule has 0 fully saturated rings. The van der Waals surface area contributed by atoms with Crippen LogP contribution in [-0.2, 0) is 19.1 Å². The summed E-state index contributed by atoms with van der Waals surface area (Å²) in [4.78, 5) is 22.7. The molecule has 0 saturated carbocycles. The van der Waals surface area contributed by atoms with E-state index in [0.717, 1.165) is 0 Å². The maximum Gasteiger partial charge on any atom is 1.00 e. The van der Waals surface area contributed by atoms with Crippen LogP contribution in [0.1, 0.15) is 5.56 Å². The van der Waals surface area contributed by atoms with Crippen molar-refractivity contribution in [2.24, 2.45) is 0 Å². The molecule has 0 bridgehead atoms. The number of esters is 2. The van der Waals surface area contributed by atoms with Crippen LogP contribution in [0.15, 0.2) is 30.3 Å². The van der Waals surface area contributed by atoms with Crippen molar-refractivity contribution in [2.45, 2.75) is 0 Å². The van der Waals surface area contributed by atoms with Crippen molar-refractivity contribution >= 4 is 11.9 Å². The first-order valence-corrected chi connectivity index (χ1v) is 4.29. The number of benzene rings is 1. The van der Waals surface area contributed by atoms with Gasteiger partial charge in [-0.05, 0) is 0 Å². The van der Waals surface area contributed by atoms with E-state index in [0.29, 0.717) is 5.56 Å². The van der Waals surface area contributed by atoms with Gasteiger partial charge in [0.15, 0.2) is 0 Å². The molecule has 1 rings (SSSR count). The van der Waals surface area contributed by atoms with Gasteiger partial charge in [-0.25, -0.2) is 0 Å². The van der Waals surface area contributed by atoms with Crippen molar-refractivity contribution in [3.8, 4) is 0 Å². The largest absolute Gasteiger partial charge is 1.00 e. The van der Waals surface area contributed by atoms with E-state index in [9.17, 15) is 9.59 Å². The first-order chi connectivity index (χ1) is 7.20. The van der Waals surface area contributed by atoms with Crippen LogP contribution < -0.4 is 29.6 Å². The van der Waals surface area contributed by atoms with Gasteiger partial charge in [0.25, 0.3) is 11.9 Å². The van der Waals surface area contributed by atoms with Gasteiger partial charge in [-0.3, -0.25) is 9.59 Å². The van der Waals surface area contributed by atoms with E-state index < -0.39 is 11.9 Å². The molecule has 5 heteroatoms. The summed E-state index contributed by atoms with van der Waals surface area (Å²) >= 11 is 0. The number of carbonyl (C=O) groups excluding carboxylic acids is 2. The summed E-state index contributed by atoms with van der Waals surface area (Å²) in [6.07, 6.45) is 0. The number of hydrogen-bond donors (Lipinski definition) is 0. The first-order valence-electron chi connectivity index (χ1n) is 4.29. The number of methoxy groups -OCH3 is 2. The third-order valence-electron chi connectivity index (χ3n) is 1.84. The van der Waals surface area contributed by atoms with Gasteiger partial charge in [-0.1, -0.05) is 6.07 Å². The number of rotatable bonds is 3. The summed E-state index contributed by atoms with van der Waals surface area (Å²) < 4.78 is 9.03. The summed E-state index contributed by atoms with van der Waals surface area (Å²) in [7, 11) is 2.43. The SMILES string of the molecule is COC(=O)[C-](C(=O)OC)c1ccccc1.[Na+]. The molecule has 16 heavy (non-hydrogen) atoms. The van der Waals surface area contributed by atoms with Crippen molar-refractivity contribution < 1.29 is 48.6 Å². The van der Waals surface area contributed by atoms with Crippen molar-refractivity contribution in [1.82, 2.24) is 0 Å². The third-order valence-corrected chi connectivity index (χ3v) is 1.84. The van der Waals surface area contributed by atoms with E-state index >= 15 is 0 Å². The van der Waals surface area contributed by atoms with Gasteiger partial charge < -0.3 is 9.47 Å². The summed E-state index contributed by atoms with van der Waals surface area (Å²) in [5.41, 5.74) is 0.483. The van der Waals surface area contributed by atoms with E-state index in [4.69, 9.17) is 0 Å². The van der Waals surface area contributed by atoms with Gasteiger partial charge in [0, 0.05) is 5.92 Å². The van der Waals surface area contributed by atoms with Crippen LogP contribution in [0.4, 0.5) is 0 Å². The Hall–Kier alpha value is -0.970. The minimum absolute atomic E-state index is 0. The molecule has 1 aromatic rings. The molecule has 0 saturated heterocycles. The monoisotopic (exact) mass is 230 g/mol. The Kier molecular flexibility index (Phi) is 6.88. The first kappa shape index (κ1) is 15.0. The summed E-state index contributed by atoms with van der Waals surface area (Å²) in [5, 5.41) is 0. The molecule has 4 nitrogen and oxygen atoms in total. The zero-order chi connectivity index (χ0) is 11.3. The van der Waals surface area contributed by atoms with Crippen molar-refractivity contribution in [3.05, 3.63) is 41.8 Å². The van der Waals surface area contributed by atoms with Gasteiger partial charge in [0.05, 0.1) is 14.2 Å². The predicted octanol–water partition coefficient (Wildman–Crippen LogP) is -2.04. The molecule has 0 atom stereocenters. The molecule has 0 radical (unpaired) electrons. The molecular formula is C11H11NaO4. The van der Waals surface area contributed by atoms with Gasteiger partial charge in [-0.2, -0.15) is 17.7 Å². The maximum atomic E-state index is 11.4. The third kappa shape index (κ3) is 3.56. The Labute approximate surface area is 116 Å². The molecule has 0 unspecified atom stereocenters. The van der Waals surface area contributed by atoms with Crippen LogP contribution in [0.25, 0.3) is 0 Å². The maximum absolute atomic E-state index is 11.4. The molecule has 0 spiro atoms. The van der Waals surface area contributed by atoms with E-state index in [1.807, 2.05) is 0 Å². The molecule has 0 heterocycles. The average molecular weight is 230 g/mol. The summed E-state index contributed by atoms with van der Waals surface area (Å²) in [6.45, 7) is 0. The zero-order valence-corrected chi connectivity index (χ0v) is 11.5. The topological polar surface area (TPSA) is 52.6 Å². The van der Waals surface area contributed by atoms with Crippen molar-refractivity contribution in [1.29, 1.82) is 0 Å². The van der Waals surface area contributed by atoms with E-state index in [1.54, 1.807) is 30.3 Å². The van der Waals surface area contributed by atoms with Crippen LogP contribution >= 0.6 is 0 Å². The summed E-state index contributed by atoms with van der Waals surface area (Å²) in [6, 6.07) is 8.52. The normalized spacial score (nSPS) is 8.62. The fraction of sp³-hybridized carbons (Fsp3) is 0.182. The fourth-order valence-corrected chi connectivity index (χ4v) is 1.13. The molecule has 0 aliphatic heterocycles. The Morgan fingerprint density at radius 3 is 1.81 bits per heavy atom. The van der Waals surface area contributed by atoms with Gasteiger partial charge in [-0.15, -0.1) is 12.1 Å². The molecule has 0 aliphatic rings. The van der Waals surface area contributed by atoms with Crippen molar-refractivity contribution in [2.75, 3.05) is 14.2 Å². The Morgan fingerprint density at radius 1 is 1.00 bits per heavy atom. The van der Waals surface area contributed by atoms with Gasteiger partial charge in [0.1, 0.15) is 0 Å². The average Bonchev–Trinajstić information content (AvgIpc) is 2.30. The van der Waals surface area contributed by atoms with Crippen LogP contribution in [0.3, 0.4) is 0 Å². The minimum atomic E-state index is -0.701. The number of hydrogen-bond acceptors (Lipinski definition) is 4. The van der Waals surface area contributed by atoms with Gasteiger partial charge in [0.2, 0.25) is 0 Å². The quantitative estimate of drug-likeness (QED) is 0.260. The standard InChI is InChI=1S/C11H11O4.Na/c1-14-10(12)9(11(13)15-2)8-6-4-3-5-7-8;/h3-7H,1-2H3;/q-1;+1. The molecule has 80 valence electrons. The van der Waals surface area contributed by atoms with Gasteiger partial charge >= 0.3 is 29.6 Å². The predicted molar refractivity (Wildman–Crippen MR) is 52.8 cm³/mol. The second-order valence-corrected chi connectivity index (χ2v) is 2.72. The van der Waals surface area contributed by atoms with E-state index in [-0.39, 0.29) is 35.5 Å². The smallest absolute Gasteiger partial charge is 0.474 e. The van der Waals surface area contributed by atoms with Crippen LogP contribution in [0, 0.1) is 5.92 Å². The summed E-state index contributed by atoms with van der Waals surface area (Å²) in [5.74, 6) is -1.50. The van der Waals surface area contributed by atoms with Crippen molar-refractivity contribution in [3.63, 3.8) is 0 Å². The molecule has 0 amide bonds. The van der Waals surface area contributed by atoms with E-state index in [2.05, 4.69) is 9.47 Å². The van der Waals surface area contributed by atoms with Crippen LogP contribution in [0.5, 0.6) is 0 Å². The fourth-order valence-electron chi connectivity index (χ4n) is 1.13. The second kappa shape index (κ2) is 7.33. The zero-order valence-electron chi connectivity index (χ0n) is 9.52. The van der Waals surface area contributed by atoms with E-state index in [1.165, 1.54) is 14.2 Å². The minimum Gasteiger partial charge on any atom is -0.474 e.